The van der Waals surface area contributed by atoms with Gasteiger partial charge in [-0.2, -0.15) is 0 Å². The second-order valence-electron chi connectivity index (χ2n) is 4.30. The van der Waals surface area contributed by atoms with Crippen LogP contribution in [-0.2, 0) is 13.1 Å². The minimum atomic E-state index is 0.0693. The third kappa shape index (κ3) is 1.98. The lowest BCUT2D eigenvalue weighted by Gasteiger charge is -2.32. The molecule has 1 aliphatic heterocycles. The van der Waals surface area contributed by atoms with Crippen LogP contribution in [0.3, 0.4) is 0 Å². The highest BCUT2D eigenvalue weighted by molar-refractivity contribution is 9.10. The second kappa shape index (κ2) is 4.83. The Bertz CT molecular complexity index is 537. The van der Waals surface area contributed by atoms with E-state index in [2.05, 4.69) is 35.6 Å². The van der Waals surface area contributed by atoms with Gasteiger partial charge in [0.05, 0.1) is 23.3 Å². The summed E-state index contributed by atoms with van der Waals surface area (Å²) < 4.78 is 8.56. The minimum Gasteiger partial charge on any atom is -0.466 e. The fourth-order valence-corrected chi connectivity index (χ4v) is 2.78. The van der Waals surface area contributed by atoms with Gasteiger partial charge in [-0.3, -0.25) is 4.90 Å². The summed E-state index contributed by atoms with van der Waals surface area (Å²) in [5.41, 5.74) is 5.89. The molecule has 7 heteroatoms. The summed E-state index contributed by atoms with van der Waals surface area (Å²) in [7, 11) is 0. The number of rotatable bonds is 3. The quantitative estimate of drug-likeness (QED) is 0.920. The molecule has 3 rings (SSSR count). The molecular formula is C11H14BrN5O. The highest BCUT2D eigenvalue weighted by Gasteiger charge is 2.28. The predicted molar refractivity (Wildman–Crippen MR) is 68.6 cm³/mol. The number of nitrogens with two attached hydrogens (primary N) is 1. The van der Waals surface area contributed by atoms with Gasteiger partial charge in [0.2, 0.25) is 0 Å². The maximum atomic E-state index is 5.89. The van der Waals surface area contributed by atoms with Crippen LogP contribution in [0, 0.1) is 0 Å². The van der Waals surface area contributed by atoms with Crippen LogP contribution in [0.1, 0.15) is 17.6 Å². The molecule has 1 atom stereocenters. The molecule has 1 aliphatic rings. The lowest BCUT2D eigenvalue weighted by Crippen LogP contribution is -2.39. The summed E-state index contributed by atoms with van der Waals surface area (Å²) >= 11 is 3.49. The fraction of sp³-hybridized carbons (Fsp3) is 0.455. The molecule has 6 nitrogen and oxygen atoms in total. The first-order valence-electron chi connectivity index (χ1n) is 5.83. The van der Waals surface area contributed by atoms with Crippen LogP contribution in [0.25, 0.3) is 0 Å². The summed E-state index contributed by atoms with van der Waals surface area (Å²) in [5, 5.41) is 8.04. The zero-order chi connectivity index (χ0) is 12.5. The topological polar surface area (TPSA) is 73.1 Å². The zero-order valence-corrected chi connectivity index (χ0v) is 11.4. The number of halogens is 1. The van der Waals surface area contributed by atoms with E-state index in [1.165, 1.54) is 0 Å². The third-order valence-corrected chi connectivity index (χ3v) is 3.93. The van der Waals surface area contributed by atoms with Crippen molar-refractivity contribution < 1.29 is 4.42 Å². The van der Waals surface area contributed by atoms with Crippen LogP contribution >= 0.6 is 15.9 Å². The Balaban J connectivity index is 1.84. The molecule has 96 valence electrons. The van der Waals surface area contributed by atoms with Crippen molar-refractivity contribution in [3.05, 3.63) is 34.7 Å². The maximum Gasteiger partial charge on any atom is 0.147 e. The van der Waals surface area contributed by atoms with E-state index in [9.17, 15) is 0 Å². The summed E-state index contributed by atoms with van der Waals surface area (Å²) in [6.07, 6.45) is 3.45. The molecule has 0 fully saturated rings. The molecule has 0 radical (unpaired) electrons. The Morgan fingerprint density at radius 1 is 1.50 bits per heavy atom. The van der Waals surface area contributed by atoms with E-state index in [1.54, 1.807) is 12.6 Å². The molecule has 0 aromatic carbocycles. The average molecular weight is 312 g/mol. The van der Waals surface area contributed by atoms with Crippen molar-refractivity contribution in [1.29, 1.82) is 0 Å². The van der Waals surface area contributed by atoms with Crippen LogP contribution in [0.4, 0.5) is 0 Å². The van der Waals surface area contributed by atoms with Crippen LogP contribution in [-0.4, -0.2) is 32.8 Å². The van der Waals surface area contributed by atoms with Gasteiger partial charge in [-0.25, -0.2) is 0 Å². The monoisotopic (exact) mass is 311 g/mol. The van der Waals surface area contributed by atoms with E-state index in [0.717, 1.165) is 35.7 Å². The molecule has 1 unspecified atom stereocenters. The summed E-state index contributed by atoms with van der Waals surface area (Å²) in [6.45, 7) is 3.06. The van der Waals surface area contributed by atoms with Crippen molar-refractivity contribution in [2.75, 3.05) is 13.1 Å². The van der Waals surface area contributed by atoms with Crippen molar-refractivity contribution >= 4 is 15.9 Å². The van der Waals surface area contributed by atoms with E-state index < -0.39 is 0 Å². The van der Waals surface area contributed by atoms with Crippen molar-refractivity contribution in [2.24, 2.45) is 5.73 Å². The lowest BCUT2D eigenvalue weighted by atomic mass is 10.1. The van der Waals surface area contributed by atoms with Crippen molar-refractivity contribution in [2.45, 2.75) is 19.1 Å². The number of aromatic nitrogens is 3. The zero-order valence-electron chi connectivity index (χ0n) is 9.79. The molecule has 0 saturated carbocycles. The van der Waals surface area contributed by atoms with Crippen LogP contribution in [0.5, 0.6) is 0 Å². The first-order valence-corrected chi connectivity index (χ1v) is 6.62. The molecular weight excluding hydrogens is 298 g/mol. The van der Waals surface area contributed by atoms with Gasteiger partial charge in [-0.1, -0.05) is 0 Å². The molecule has 3 heterocycles. The van der Waals surface area contributed by atoms with Gasteiger partial charge in [0, 0.05) is 19.6 Å². The maximum absolute atomic E-state index is 5.89. The third-order valence-electron chi connectivity index (χ3n) is 3.28. The van der Waals surface area contributed by atoms with Gasteiger partial charge in [0.1, 0.15) is 17.9 Å². The lowest BCUT2D eigenvalue weighted by molar-refractivity contribution is 0.139. The Morgan fingerprint density at radius 3 is 3.11 bits per heavy atom. The predicted octanol–water partition coefficient (Wildman–Crippen LogP) is 1.15. The minimum absolute atomic E-state index is 0.0693. The summed E-state index contributed by atoms with van der Waals surface area (Å²) in [6, 6.07) is 1.96. The Morgan fingerprint density at radius 2 is 2.39 bits per heavy atom. The van der Waals surface area contributed by atoms with Gasteiger partial charge in [0.25, 0.3) is 0 Å². The number of fused-ring (bicyclic) bond motifs is 1. The molecule has 2 aromatic heterocycles. The van der Waals surface area contributed by atoms with Crippen LogP contribution in [0.15, 0.2) is 27.5 Å². The average Bonchev–Trinajstić information content (AvgIpc) is 2.99. The number of furan rings is 1. The highest BCUT2D eigenvalue weighted by atomic mass is 79.9. The molecule has 2 aromatic rings. The fourth-order valence-electron chi connectivity index (χ4n) is 2.32. The highest BCUT2D eigenvalue weighted by Crippen LogP contribution is 2.30. The molecule has 0 bridgehead atoms. The Hall–Kier alpha value is -1.18. The Kier molecular flexibility index (Phi) is 3.19. The summed E-state index contributed by atoms with van der Waals surface area (Å²) in [5.74, 6) is 1.85. The van der Waals surface area contributed by atoms with E-state index in [0.29, 0.717) is 6.54 Å². The molecule has 0 saturated heterocycles. The van der Waals surface area contributed by atoms with E-state index >= 15 is 0 Å². The first-order chi connectivity index (χ1) is 8.79. The van der Waals surface area contributed by atoms with E-state index in [4.69, 9.17) is 10.2 Å². The number of hydrogen-bond donors (Lipinski definition) is 1. The van der Waals surface area contributed by atoms with Gasteiger partial charge in [-0.15, -0.1) is 10.2 Å². The first kappa shape index (κ1) is 11.9. The SMILES string of the molecule is NCC(c1occc1Br)N1CCn2cnnc2C1. The molecule has 0 spiro atoms. The molecule has 2 N–H and O–H groups in total. The normalized spacial score (nSPS) is 17.7. The van der Waals surface area contributed by atoms with Gasteiger partial charge in [0.15, 0.2) is 0 Å². The van der Waals surface area contributed by atoms with Crippen molar-refractivity contribution in [1.82, 2.24) is 19.7 Å². The Labute approximate surface area is 113 Å². The standard InChI is InChI=1S/C11H14BrN5O/c12-8-1-4-18-11(8)9(5-13)16-2-3-17-7-14-15-10(17)6-16/h1,4,7,9H,2-3,5-6,13H2. The molecule has 0 aliphatic carbocycles. The van der Waals surface area contributed by atoms with E-state index in [1.807, 2.05) is 6.07 Å². The number of nitrogens with zero attached hydrogens (tertiary/aromatic N) is 4. The smallest absolute Gasteiger partial charge is 0.147 e. The van der Waals surface area contributed by atoms with Crippen LogP contribution in [0.2, 0.25) is 0 Å². The number of hydrogen-bond acceptors (Lipinski definition) is 5. The van der Waals surface area contributed by atoms with Crippen molar-refractivity contribution in [3.8, 4) is 0 Å². The van der Waals surface area contributed by atoms with Crippen molar-refractivity contribution in [3.63, 3.8) is 0 Å². The molecule has 18 heavy (non-hydrogen) atoms. The second-order valence-corrected chi connectivity index (χ2v) is 5.15. The van der Waals surface area contributed by atoms with Crippen LogP contribution < -0.4 is 5.73 Å². The van der Waals surface area contributed by atoms with Gasteiger partial charge >= 0.3 is 0 Å². The largest absolute Gasteiger partial charge is 0.466 e. The summed E-state index contributed by atoms with van der Waals surface area (Å²) in [4.78, 5) is 2.27. The molecule has 0 amide bonds. The van der Waals surface area contributed by atoms with Gasteiger partial charge < -0.3 is 14.7 Å². The van der Waals surface area contributed by atoms with E-state index in [-0.39, 0.29) is 6.04 Å². The van der Waals surface area contributed by atoms with Gasteiger partial charge in [-0.05, 0) is 22.0 Å².